The SMILES string of the molecule is c1ccc(-c2ccc(N(c3ccc(-c4ccc5ccccc5c4)cc3)c3ccc(-c4cc5oc6ccccc6c5cc4-c4ccccc4)cc3)cc2)cc1. The number of hydrogen-bond acceptors (Lipinski definition) is 2. The Morgan fingerprint density at radius 1 is 0.278 bits per heavy atom. The molecule has 9 aromatic carbocycles. The van der Waals surface area contributed by atoms with Crippen molar-refractivity contribution in [3.8, 4) is 44.5 Å². The van der Waals surface area contributed by atoms with E-state index in [1.54, 1.807) is 0 Å². The van der Waals surface area contributed by atoms with E-state index in [4.69, 9.17) is 4.42 Å². The number of furan rings is 1. The van der Waals surface area contributed by atoms with Crippen molar-refractivity contribution in [2.45, 2.75) is 0 Å². The molecule has 2 heteroatoms. The molecule has 0 radical (unpaired) electrons. The lowest BCUT2D eigenvalue weighted by atomic mass is 9.92. The van der Waals surface area contributed by atoms with E-state index in [-0.39, 0.29) is 0 Å². The molecule has 10 rings (SSSR count). The first-order valence-corrected chi connectivity index (χ1v) is 18.4. The Kier molecular flexibility index (Phi) is 7.85. The molecular formula is C52H35NO. The highest BCUT2D eigenvalue weighted by atomic mass is 16.3. The standard InChI is InChI=1S/C52H35NO/c1-3-11-36(12-4-1)38-21-27-44(28-22-38)53(45-29-23-39(24-30-45)43-20-19-37-13-7-8-16-42(37)33-43)46-31-25-41(26-32-46)49-35-52-50(47-17-9-10-18-51(47)54-52)34-48(49)40-14-5-2-6-15-40/h1-35H. The number of para-hydroxylation sites is 1. The molecule has 0 saturated heterocycles. The van der Waals surface area contributed by atoms with Gasteiger partial charge >= 0.3 is 0 Å². The summed E-state index contributed by atoms with van der Waals surface area (Å²) < 4.78 is 6.38. The molecule has 0 unspecified atom stereocenters. The second-order valence-electron chi connectivity index (χ2n) is 13.8. The second-order valence-corrected chi connectivity index (χ2v) is 13.8. The van der Waals surface area contributed by atoms with Crippen molar-refractivity contribution >= 4 is 49.8 Å². The summed E-state index contributed by atoms with van der Waals surface area (Å²) in [4.78, 5) is 2.34. The Morgan fingerprint density at radius 2 is 0.741 bits per heavy atom. The Hall–Kier alpha value is -7.16. The van der Waals surface area contributed by atoms with Gasteiger partial charge in [0.1, 0.15) is 11.2 Å². The predicted molar refractivity (Wildman–Crippen MR) is 228 cm³/mol. The molecule has 54 heavy (non-hydrogen) atoms. The highest BCUT2D eigenvalue weighted by Crippen LogP contribution is 2.42. The van der Waals surface area contributed by atoms with Gasteiger partial charge in [0.05, 0.1) is 0 Å². The first kappa shape index (κ1) is 31.6. The van der Waals surface area contributed by atoms with Crippen LogP contribution < -0.4 is 4.90 Å². The first-order valence-electron chi connectivity index (χ1n) is 18.4. The Bertz CT molecular complexity index is 2890. The average Bonchev–Trinajstić information content (AvgIpc) is 3.62. The van der Waals surface area contributed by atoms with Crippen LogP contribution in [0.15, 0.2) is 217 Å². The van der Waals surface area contributed by atoms with Crippen LogP contribution in [0.25, 0.3) is 77.2 Å². The lowest BCUT2D eigenvalue weighted by Gasteiger charge is -2.26. The number of fused-ring (bicyclic) bond motifs is 4. The number of hydrogen-bond donors (Lipinski definition) is 0. The van der Waals surface area contributed by atoms with Gasteiger partial charge in [0.25, 0.3) is 0 Å². The van der Waals surface area contributed by atoms with Crippen molar-refractivity contribution in [1.29, 1.82) is 0 Å². The van der Waals surface area contributed by atoms with E-state index in [1.807, 2.05) is 12.1 Å². The molecule has 0 atom stereocenters. The zero-order chi connectivity index (χ0) is 35.8. The average molecular weight is 690 g/mol. The van der Waals surface area contributed by atoms with E-state index in [0.717, 1.165) is 50.1 Å². The third kappa shape index (κ3) is 5.81. The van der Waals surface area contributed by atoms with Gasteiger partial charge in [-0.25, -0.2) is 0 Å². The van der Waals surface area contributed by atoms with Crippen LogP contribution in [0.1, 0.15) is 0 Å². The largest absolute Gasteiger partial charge is 0.456 e. The Balaban J connectivity index is 1.06. The second kappa shape index (κ2) is 13.4. The van der Waals surface area contributed by atoms with E-state index < -0.39 is 0 Å². The van der Waals surface area contributed by atoms with E-state index >= 15 is 0 Å². The van der Waals surface area contributed by atoms with Crippen LogP contribution in [0.5, 0.6) is 0 Å². The molecule has 0 fully saturated rings. The normalized spacial score (nSPS) is 11.3. The Labute approximate surface area is 314 Å². The summed E-state index contributed by atoms with van der Waals surface area (Å²) >= 11 is 0. The van der Waals surface area contributed by atoms with E-state index in [9.17, 15) is 0 Å². The third-order valence-electron chi connectivity index (χ3n) is 10.5. The van der Waals surface area contributed by atoms with Gasteiger partial charge < -0.3 is 9.32 Å². The minimum Gasteiger partial charge on any atom is -0.456 e. The molecule has 0 bridgehead atoms. The first-order chi connectivity index (χ1) is 26.7. The molecule has 2 nitrogen and oxygen atoms in total. The summed E-state index contributed by atoms with van der Waals surface area (Å²) in [6.45, 7) is 0. The highest BCUT2D eigenvalue weighted by molar-refractivity contribution is 6.09. The molecule has 0 amide bonds. The summed E-state index contributed by atoms with van der Waals surface area (Å²) in [5, 5.41) is 4.75. The molecule has 0 spiro atoms. The van der Waals surface area contributed by atoms with Crippen LogP contribution in [0, 0.1) is 0 Å². The lowest BCUT2D eigenvalue weighted by Crippen LogP contribution is -2.09. The van der Waals surface area contributed by atoms with E-state index in [0.29, 0.717) is 0 Å². The topological polar surface area (TPSA) is 16.4 Å². The number of rotatable bonds is 7. The molecule has 0 aliphatic carbocycles. The van der Waals surface area contributed by atoms with Gasteiger partial charge in [-0.2, -0.15) is 0 Å². The van der Waals surface area contributed by atoms with Gasteiger partial charge in [0, 0.05) is 27.8 Å². The van der Waals surface area contributed by atoms with Crippen molar-refractivity contribution in [3.63, 3.8) is 0 Å². The highest BCUT2D eigenvalue weighted by Gasteiger charge is 2.17. The smallest absolute Gasteiger partial charge is 0.136 e. The molecule has 1 aromatic heterocycles. The minimum absolute atomic E-state index is 0.890. The number of benzene rings is 9. The van der Waals surface area contributed by atoms with Crippen LogP contribution in [0.3, 0.4) is 0 Å². The van der Waals surface area contributed by atoms with Gasteiger partial charge in [-0.15, -0.1) is 0 Å². The molecule has 0 aliphatic rings. The van der Waals surface area contributed by atoms with Gasteiger partial charge in [0.2, 0.25) is 0 Å². The maximum absolute atomic E-state index is 6.38. The summed E-state index contributed by atoms with van der Waals surface area (Å²) in [5.41, 5.74) is 14.5. The maximum atomic E-state index is 6.38. The van der Waals surface area contributed by atoms with Gasteiger partial charge in [0.15, 0.2) is 0 Å². The van der Waals surface area contributed by atoms with E-state index in [2.05, 4.69) is 205 Å². The zero-order valence-electron chi connectivity index (χ0n) is 29.6. The van der Waals surface area contributed by atoms with Crippen LogP contribution in [0.2, 0.25) is 0 Å². The van der Waals surface area contributed by atoms with Crippen LogP contribution in [-0.2, 0) is 0 Å². The van der Waals surface area contributed by atoms with E-state index in [1.165, 1.54) is 44.2 Å². The molecule has 254 valence electrons. The molecule has 10 aromatic rings. The Morgan fingerprint density at radius 3 is 1.41 bits per heavy atom. The molecule has 0 saturated carbocycles. The van der Waals surface area contributed by atoms with Crippen molar-refractivity contribution in [1.82, 2.24) is 0 Å². The van der Waals surface area contributed by atoms with Crippen molar-refractivity contribution in [2.24, 2.45) is 0 Å². The molecule has 0 N–H and O–H groups in total. The summed E-state index contributed by atoms with van der Waals surface area (Å²) in [6.07, 6.45) is 0. The van der Waals surface area contributed by atoms with Crippen molar-refractivity contribution in [2.75, 3.05) is 4.90 Å². The lowest BCUT2D eigenvalue weighted by molar-refractivity contribution is 0.669. The monoisotopic (exact) mass is 689 g/mol. The number of anilines is 3. The van der Waals surface area contributed by atoms with Gasteiger partial charge in [-0.3, -0.25) is 0 Å². The van der Waals surface area contributed by atoms with Crippen LogP contribution in [0.4, 0.5) is 17.1 Å². The van der Waals surface area contributed by atoms with Gasteiger partial charge in [-0.05, 0) is 116 Å². The maximum Gasteiger partial charge on any atom is 0.136 e. The summed E-state index contributed by atoms with van der Waals surface area (Å²) in [7, 11) is 0. The fourth-order valence-corrected chi connectivity index (χ4v) is 7.71. The van der Waals surface area contributed by atoms with Crippen molar-refractivity contribution < 1.29 is 4.42 Å². The summed E-state index contributed by atoms with van der Waals surface area (Å²) in [6, 6.07) is 75.9. The predicted octanol–water partition coefficient (Wildman–Crippen LogP) is 14.9. The van der Waals surface area contributed by atoms with Gasteiger partial charge in [-0.1, -0.05) is 152 Å². The minimum atomic E-state index is 0.890. The van der Waals surface area contributed by atoms with Crippen LogP contribution >= 0.6 is 0 Å². The zero-order valence-corrected chi connectivity index (χ0v) is 29.6. The fraction of sp³-hybridized carbons (Fsp3) is 0. The third-order valence-corrected chi connectivity index (χ3v) is 10.5. The van der Waals surface area contributed by atoms with Crippen molar-refractivity contribution in [3.05, 3.63) is 212 Å². The number of nitrogens with zero attached hydrogens (tertiary/aromatic N) is 1. The molecule has 0 aliphatic heterocycles. The molecular weight excluding hydrogens is 655 g/mol. The fourth-order valence-electron chi connectivity index (χ4n) is 7.71. The van der Waals surface area contributed by atoms with Crippen LogP contribution in [-0.4, -0.2) is 0 Å². The quantitative estimate of drug-likeness (QED) is 0.166. The summed E-state index contributed by atoms with van der Waals surface area (Å²) in [5.74, 6) is 0. The molecule has 1 heterocycles.